The summed E-state index contributed by atoms with van der Waals surface area (Å²) in [6.45, 7) is 18.1. The third-order valence-electron chi connectivity index (χ3n) is 14.6. The van der Waals surface area contributed by atoms with Crippen molar-refractivity contribution in [2.45, 2.75) is 125 Å². The van der Waals surface area contributed by atoms with E-state index in [9.17, 15) is 0 Å². The molecule has 218 valence electrons. The van der Waals surface area contributed by atoms with E-state index in [1.54, 1.807) is 23.1 Å². The number of allylic oxidation sites excluding steroid dienone is 7. The predicted octanol–water partition coefficient (Wildman–Crippen LogP) is 11.1. The van der Waals surface area contributed by atoms with Crippen LogP contribution < -0.4 is 0 Å². The van der Waals surface area contributed by atoms with Gasteiger partial charge >= 0.3 is 0 Å². The maximum absolute atomic E-state index is 5.08. The molecule has 0 amide bonds. The fourth-order valence-corrected chi connectivity index (χ4v) is 14.0. The van der Waals surface area contributed by atoms with E-state index in [0.717, 1.165) is 53.3 Å². The molecule has 6 bridgehead atoms. The largest absolute Gasteiger partial charge is 0.0912 e. The molecule has 0 N–H and O–H groups in total. The fourth-order valence-electron chi connectivity index (χ4n) is 14.0. The quantitative estimate of drug-likeness (QED) is 0.313. The van der Waals surface area contributed by atoms with Crippen molar-refractivity contribution in [2.75, 3.05) is 0 Å². The molecule has 8 rings (SSSR count). The van der Waals surface area contributed by atoms with Gasteiger partial charge in [-0.15, -0.1) is 0 Å². The molecule has 11 unspecified atom stereocenters. The number of rotatable bonds is 3. The van der Waals surface area contributed by atoms with Crippen LogP contribution in [0.4, 0.5) is 0 Å². The molecule has 0 spiro atoms. The van der Waals surface area contributed by atoms with Crippen molar-refractivity contribution in [1.29, 1.82) is 0 Å². The van der Waals surface area contributed by atoms with E-state index in [-0.39, 0.29) is 5.41 Å². The highest BCUT2D eigenvalue weighted by Gasteiger charge is 2.56. The smallest absolute Gasteiger partial charge is 0.0112 e. The topological polar surface area (TPSA) is 0 Å². The van der Waals surface area contributed by atoms with E-state index in [4.69, 9.17) is 6.58 Å². The first kappa shape index (κ1) is 26.6. The van der Waals surface area contributed by atoms with Crippen molar-refractivity contribution in [3.63, 3.8) is 0 Å². The molecule has 0 aromatic rings. The van der Waals surface area contributed by atoms with Crippen LogP contribution in [0.1, 0.15) is 125 Å². The summed E-state index contributed by atoms with van der Waals surface area (Å²) in [6.07, 6.45) is 28.9. The van der Waals surface area contributed by atoms with Crippen LogP contribution in [0.2, 0.25) is 0 Å². The lowest BCUT2D eigenvalue weighted by molar-refractivity contribution is -0.00286. The lowest BCUT2D eigenvalue weighted by Crippen LogP contribution is -2.45. The third kappa shape index (κ3) is 4.10. The summed E-state index contributed by atoms with van der Waals surface area (Å²) in [5.74, 6) is 9.18. The first-order valence-electron chi connectivity index (χ1n) is 17.9. The van der Waals surface area contributed by atoms with Gasteiger partial charge in [0.2, 0.25) is 0 Å². The Balaban J connectivity index is 1.23. The summed E-state index contributed by atoms with van der Waals surface area (Å²) < 4.78 is 0. The number of hydrogen-bond donors (Lipinski definition) is 0. The van der Waals surface area contributed by atoms with Crippen LogP contribution in [0.15, 0.2) is 47.1 Å². The maximum Gasteiger partial charge on any atom is 0.0112 e. The molecule has 0 nitrogen and oxygen atoms in total. The van der Waals surface area contributed by atoms with Gasteiger partial charge in [0.15, 0.2) is 0 Å². The molecule has 40 heavy (non-hydrogen) atoms. The van der Waals surface area contributed by atoms with E-state index < -0.39 is 0 Å². The first-order valence-corrected chi connectivity index (χ1v) is 17.9. The second-order valence-corrected chi connectivity index (χ2v) is 18.5. The van der Waals surface area contributed by atoms with E-state index in [2.05, 4.69) is 52.8 Å². The average molecular weight is 539 g/mol. The van der Waals surface area contributed by atoms with E-state index in [1.807, 2.05) is 0 Å². The monoisotopic (exact) mass is 538 g/mol. The molecule has 0 heterocycles. The molecule has 0 radical (unpaired) electrons. The van der Waals surface area contributed by atoms with E-state index in [1.165, 1.54) is 89.0 Å². The molecule has 6 saturated carbocycles. The molecule has 0 saturated heterocycles. The van der Waals surface area contributed by atoms with Gasteiger partial charge in [-0.25, -0.2) is 0 Å². The molecular weight excluding hydrogens is 480 g/mol. The Labute approximate surface area is 246 Å². The molecule has 0 heteroatoms. The minimum atomic E-state index is 0.172. The molecule has 0 aromatic heterocycles. The normalized spacial score (nSPS) is 55.0. The number of hydrogen-bond acceptors (Lipinski definition) is 0. The highest BCUT2D eigenvalue weighted by Crippen LogP contribution is 2.66. The lowest BCUT2D eigenvalue weighted by Gasteiger charge is -2.55. The SMILES string of the molecule is C=C1C(C2(C)C=C3CC(C)CC(C3)C2)=CC(C23CC(C)CC(CC(C)C2)C3)C=C1C1(C)CC2CC3CC(C1)C3C2. The van der Waals surface area contributed by atoms with Gasteiger partial charge in [-0.2, -0.15) is 0 Å². The van der Waals surface area contributed by atoms with Crippen molar-refractivity contribution in [1.82, 2.24) is 0 Å². The van der Waals surface area contributed by atoms with Gasteiger partial charge in [0.1, 0.15) is 0 Å². The van der Waals surface area contributed by atoms with Crippen molar-refractivity contribution in [3.05, 3.63) is 47.1 Å². The van der Waals surface area contributed by atoms with Crippen LogP contribution >= 0.6 is 0 Å². The Morgan fingerprint density at radius 3 is 2.10 bits per heavy atom. The molecule has 0 aliphatic heterocycles. The minimum absolute atomic E-state index is 0.172. The van der Waals surface area contributed by atoms with Gasteiger partial charge < -0.3 is 0 Å². The summed E-state index contributed by atoms with van der Waals surface area (Å²) in [6, 6.07) is 0. The highest BCUT2D eigenvalue weighted by molar-refractivity contribution is 5.57. The molecule has 6 fully saturated rings. The molecule has 8 aliphatic rings. The zero-order valence-electron chi connectivity index (χ0n) is 26.6. The lowest BCUT2D eigenvalue weighted by atomic mass is 9.49. The van der Waals surface area contributed by atoms with Gasteiger partial charge in [0.05, 0.1) is 0 Å². The van der Waals surface area contributed by atoms with Gasteiger partial charge in [-0.3, -0.25) is 0 Å². The molecule has 0 aromatic carbocycles. The van der Waals surface area contributed by atoms with Crippen molar-refractivity contribution in [3.8, 4) is 0 Å². The van der Waals surface area contributed by atoms with Crippen molar-refractivity contribution < 1.29 is 0 Å². The zero-order chi connectivity index (χ0) is 27.6. The maximum atomic E-state index is 5.08. The summed E-state index contributed by atoms with van der Waals surface area (Å²) in [5, 5.41) is 0. The standard InChI is InChI=1S/C40H58/c1-24-7-29-11-30(8-24)20-38(5,19-29)36-15-34(40-17-25(2)9-28(22-40)10-26(3)18-40)16-37(27(36)4)39(6)21-31-12-32-14-33(23-39)35(32)13-31/h15-16,19,24-26,28,30-35H,4,7-14,17-18,20-23H2,1-3,5-6H3. The van der Waals surface area contributed by atoms with Crippen molar-refractivity contribution >= 4 is 0 Å². The van der Waals surface area contributed by atoms with E-state index >= 15 is 0 Å². The van der Waals surface area contributed by atoms with Crippen LogP contribution in [0.5, 0.6) is 0 Å². The Hall–Kier alpha value is -1.04. The Morgan fingerprint density at radius 1 is 0.650 bits per heavy atom. The molecule has 11 atom stereocenters. The van der Waals surface area contributed by atoms with E-state index in [0.29, 0.717) is 16.7 Å². The second-order valence-electron chi connectivity index (χ2n) is 18.5. The van der Waals surface area contributed by atoms with Crippen LogP contribution in [-0.2, 0) is 0 Å². The zero-order valence-corrected chi connectivity index (χ0v) is 26.6. The summed E-state index contributed by atoms with van der Waals surface area (Å²) in [5.41, 5.74) is 7.62. The van der Waals surface area contributed by atoms with Gasteiger partial charge in [-0.05, 0) is 171 Å². The molecule has 8 aliphatic carbocycles. The average Bonchev–Trinajstić information content (AvgIpc) is 3.09. The summed E-state index contributed by atoms with van der Waals surface area (Å²) >= 11 is 0. The summed E-state index contributed by atoms with van der Waals surface area (Å²) in [4.78, 5) is 0. The Morgan fingerprint density at radius 2 is 1.35 bits per heavy atom. The Kier molecular flexibility index (Phi) is 5.97. The van der Waals surface area contributed by atoms with Crippen molar-refractivity contribution in [2.24, 2.45) is 75.4 Å². The van der Waals surface area contributed by atoms with Crippen LogP contribution in [0, 0.1) is 75.4 Å². The minimum Gasteiger partial charge on any atom is -0.0912 e. The second kappa shape index (κ2) is 8.99. The molecular formula is C40H58. The van der Waals surface area contributed by atoms with Crippen LogP contribution in [0.3, 0.4) is 0 Å². The van der Waals surface area contributed by atoms with Crippen LogP contribution in [-0.4, -0.2) is 0 Å². The third-order valence-corrected chi connectivity index (χ3v) is 14.6. The number of fused-ring (bicyclic) bond motifs is 5. The van der Waals surface area contributed by atoms with Gasteiger partial charge in [0.25, 0.3) is 0 Å². The van der Waals surface area contributed by atoms with Crippen LogP contribution in [0.25, 0.3) is 0 Å². The Bertz CT molecular complexity index is 1150. The fraction of sp³-hybridized carbons (Fsp3) is 0.800. The van der Waals surface area contributed by atoms with Gasteiger partial charge in [0, 0.05) is 11.3 Å². The van der Waals surface area contributed by atoms with Gasteiger partial charge in [-0.1, -0.05) is 65.0 Å². The predicted molar refractivity (Wildman–Crippen MR) is 169 cm³/mol. The first-order chi connectivity index (χ1) is 19.0. The summed E-state index contributed by atoms with van der Waals surface area (Å²) in [7, 11) is 0. The highest BCUT2D eigenvalue weighted by atomic mass is 14.6.